The van der Waals surface area contributed by atoms with Crippen LogP contribution in [-0.4, -0.2) is 17.3 Å². The van der Waals surface area contributed by atoms with Crippen LogP contribution in [0.25, 0.3) is 10.9 Å². The van der Waals surface area contributed by atoms with Crippen molar-refractivity contribution >= 4 is 46.4 Å². The van der Waals surface area contributed by atoms with E-state index in [0.29, 0.717) is 22.9 Å². The fraction of sp³-hybridized carbons (Fsp3) is 0.167. The average Bonchev–Trinajstić information content (AvgIpc) is 2.70. The third-order valence-corrected chi connectivity index (χ3v) is 3.15. The lowest BCUT2D eigenvalue weighted by Crippen LogP contribution is -2.21. The van der Waals surface area contributed by atoms with Gasteiger partial charge in [-0.1, -0.05) is 23.2 Å². The Bertz CT molecular complexity index is 607. The highest BCUT2D eigenvalue weighted by atomic mass is 35.5. The highest BCUT2D eigenvalue weighted by Gasteiger charge is 2.09. The van der Waals surface area contributed by atoms with Gasteiger partial charge in [0, 0.05) is 23.0 Å². The first-order valence-corrected chi connectivity index (χ1v) is 6.05. The first-order chi connectivity index (χ1) is 8.61. The number of H-pyrrole nitrogens is 1. The van der Waals surface area contributed by atoms with E-state index >= 15 is 0 Å². The molecule has 0 bridgehead atoms. The van der Waals surface area contributed by atoms with Crippen molar-refractivity contribution in [2.45, 2.75) is 12.8 Å². The number of carbonyl (C=O) groups is 2. The Morgan fingerprint density at radius 1 is 1.39 bits per heavy atom. The SMILES string of the molecule is O=CNC(=O)CCc1c[nH]c2c(Cl)cc(Cl)cc12. The molecule has 1 heterocycles. The van der Waals surface area contributed by atoms with Gasteiger partial charge in [0.05, 0.1) is 10.5 Å². The predicted molar refractivity (Wildman–Crippen MR) is 70.8 cm³/mol. The van der Waals surface area contributed by atoms with Crippen LogP contribution in [0.3, 0.4) is 0 Å². The Morgan fingerprint density at radius 2 is 2.17 bits per heavy atom. The van der Waals surface area contributed by atoms with Gasteiger partial charge in [0.2, 0.25) is 12.3 Å². The summed E-state index contributed by atoms with van der Waals surface area (Å²) in [6.45, 7) is 0. The summed E-state index contributed by atoms with van der Waals surface area (Å²) in [6.07, 6.45) is 2.92. The van der Waals surface area contributed by atoms with Gasteiger partial charge < -0.3 is 4.98 Å². The first kappa shape index (κ1) is 12.9. The molecule has 0 aliphatic carbocycles. The third-order valence-electron chi connectivity index (χ3n) is 2.63. The van der Waals surface area contributed by atoms with Crippen LogP contribution in [0.5, 0.6) is 0 Å². The molecule has 0 radical (unpaired) electrons. The van der Waals surface area contributed by atoms with Crippen molar-refractivity contribution in [2.24, 2.45) is 0 Å². The van der Waals surface area contributed by atoms with Crippen molar-refractivity contribution in [3.05, 3.63) is 33.9 Å². The summed E-state index contributed by atoms with van der Waals surface area (Å²) >= 11 is 12.0. The molecule has 18 heavy (non-hydrogen) atoms. The topological polar surface area (TPSA) is 62.0 Å². The second-order valence-electron chi connectivity index (χ2n) is 3.81. The average molecular weight is 285 g/mol. The molecule has 0 spiro atoms. The van der Waals surface area contributed by atoms with Crippen LogP contribution >= 0.6 is 23.2 Å². The van der Waals surface area contributed by atoms with Gasteiger partial charge in [-0.05, 0) is 24.1 Å². The Labute approximate surface area is 113 Å². The number of amides is 2. The zero-order valence-electron chi connectivity index (χ0n) is 9.30. The Morgan fingerprint density at radius 3 is 2.89 bits per heavy atom. The minimum Gasteiger partial charge on any atom is -0.360 e. The van der Waals surface area contributed by atoms with Crippen molar-refractivity contribution in [3.8, 4) is 0 Å². The summed E-state index contributed by atoms with van der Waals surface area (Å²) in [5.74, 6) is -0.313. The summed E-state index contributed by atoms with van der Waals surface area (Å²) in [7, 11) is 0. The van der Waals surface area contributed by atoms with Gasteiger partial charge >= 0.3 is 0 Å². The number of imide groups is 1. The van der Waals surface area contributed by atoms with E-state index in [1.165, 1.54) is 0 Å². The number of aryl methyl sites for hydroxylation is 1. The molecule has 2 amide bonds. The molecule has 0 fully saturated rings. The lowest BCUT2D eigenvalue weighted by Gasteiger charge is -2.00. The second-order valence-corrected chi connectivity index (χ2v) is 4.65. The predicted octanol–water partition coefficient (Wildman–Crippen LogP) is 2.68. The van der Waals surface area contributed by atoms with Crippen molar-refractivity contribution < 1.29 is 9.59 Å². The molecule has 1 aromatic carbocycles. The van der Waals surface area contributed by atoms with Gasteiger partial charge in [0.25, 0.3) is 0 Å². The maximum absolute atomic E-state index is 11.2. The first-order valence-electron chi connectivity index (χ1n) is 5.30. The van der Waals surface area contributed by atoms with Gasteiger partial charge in [-0.25, -0.2) is 0 Å². The molecule has 94 valence electrons. The number of nitrogens with one attached hydrogen (secondary N) is 2. The molecule has 2 N–H and O–H groups in total. The van der Waals surface area contributed by atoms with Gasteiger partial charge in [-0.15, -0.1) is 0 Å². The molecule has 2 aromatic rings. The van der Waals surface area contributed by atoms with Crippen LogP contribution in [-0.2, 0) is 16.0 Å². The minimum atomic E-state index is -0.313. The Hall–Kier alpha value is -1.52. The van der Waals surface area contributed by atoms with Gasteiger partial charge in [0.15, 0.2) is 0 Å². The van der Waals surface area contributed by atoms with Crippen molar-refractivity contribution in [1.82, 2.24) is 10.3 Å². The van der Waals surface area contributed by atoms with Crippen LogP contribution in [0.1, 0.15) is 12.0 Å². The van der Waals surface area contributed by atoms with Crippen LogP contribution in [0.4, 0.5) is 0 Å². The fourth-order valence-electron chi connectivity index (χ4n) is 1.80. The van der Waals surface area contributed by atoms with Gasteiger partial charge in [-0.2, -0.15) is 0 Å². The summed E-state index contributed by atoms with van der Waals surface area (Å²) in [6, 6.07) is 3.46. The Balaban J connectivity index is 2.24. The Kier molecular flexibility index (Phi) is 3.89. The van der Waals surface area contributed by atoms with E-state index in [0.717, 1.165) is 16.5 Å². The summed E-state index contributed by atoms with van der Waals surface area (Å²) < 4.78 is 0. The van der Waals surface area contributed by atoms with E-state index in [-0.39, 0.29) is 12.3 Å². The molecule has 4 nitrogen and oxygen atoms in total. The number of aromatic nitrogens is 1. The smallest absolute Gasteiger partial charge is 0.226 e. The third kappa shape index (κ3) is 2.66. The molecule has 0 atom stereocenters. The number of benzene rings is 1. The van der Waals surface area contributed by atoms with Crippen molar-refractivity contribution in [3.63, 3.8) is 0 Å². The normalized spacial score (nSPS) is 10.6. The maximum atomic E-state index is 11.2. The number of carbonyl (C=O) groups excluding carboxylic acids is 2. The number of aromatic amines is 1. The van der Waals surface area contributed by atoms with Crippen LogP contribution in [0.2, 0.25) is 10.0 Å². The molecule has 2 rings (SSSR count). The lowest BCUT2D eigenvalue weighted by molar-refractivity contribution is -0.125. The molecular weight excluding hydrogens is 275 g/mol. The fourth-order valence-corrected chi connectivity index (χ4v) is 2.35. The molecule has 1 aromatic heterocycles. The van der Waals surface area contributed by atoms with Crippen LogP contribution < -0.4 is 5.32 Å². The number of hydrogen-bond acceptors (Lipinski definition) is 2. The maximum Gasteiger partial charge on any atom is 0.226 e. The van der Waals surface area contributed by atoms with Crippen molar-refractivity contribution in [1.29, 1.82) is 0 Å². The van der Waals surface area contributed by atoms with E-state index in [4.69, 9.17) is 23.2 Å². The van der Waals surface area contributed by atoms with Crippen molar-refractivity contribution in [2.75, 3.05) is 0 Å². The zero-order chi connectivity index (χ0) is 13.1. The highest BCUT2D eigenvalue weighted by molar-refractivity contribution is 6.38. The zero-order valence-corrected chi connectivity index (χ0v) is 10.8. The molecule has 0 saturated carbocycles. The van der Waals surface area contributed by atoms with Crippen LogP contribution in [0.15, 0.2) is 18.3 Å². The monoisotopic (exact) mass is 284 g/mol. The minimum absolute atomic E-state index is 0.232. The van der Waals surface area contributed by atoms with E-state index in [9.17, 15) is 9.59 Å². The number of halogens is 2. The second kappa shape index (κ2) is 5.42. The largest absolute Gasteiger partial charge is 0.360 e. The molecule has 6 heteroatoms. The lowest BCUT2D eigenvalue weighted by atomic mass is 10.1. The van der Waals surface area contributed by atoms with E-state index in [1.54, 1.807) is 18.3 Å². The number of hydrogen-bond donors (Lipinski definition) is 2. The van der Waals surface area contributed by atoms with E-state index in [1.807, 2.05) is 0 Å². The van der Waals surface area contributed by atoms with E-state index < -0.39 is 0 Å². The highest BCUT2D eigenvalue weighted by Crippen LogP contribution is 2.29. The van der Waals surface area contributed by atoms with E-state index in [2.05, 4.69) is 10.3 Å². The number of rotatable bonds is 4. The molecular formula is C12H10Cl2N2O2. The molecule has 0 saturated heterocycles. The molecule has 0 aliphatic rings. The quantitative estimate of drug-likeness (QED) is 0.848. The van der Waals surface area contributed by atoms with Gasteiger partial charge in [0.1, 0.15) is 0 Å². The molecule has 0 unspecified atom stereocenters. The molecule has 0 aliphatic heterocycles. The summed E-state index contributed by atoms with van der Waals surface area (Å²) in [5, 5.41) is 4.08. The summed E-state index contributed by atoms with van der Waals surface area (Å²) in [5.41, 5.74) is 1.74. The summed E-state index contributed by atoms with van der Waals surface area (Å²) in [4.78, 5) is 24.4. The number of fused-ring (bicyclic) bond motifs is 1. The standard InChI is InChI=1S/C12H10Cl2N2O2/c13-8-3-9-7(1-2-11(18)16-6-17)5-15-12(9)10(14)4-8/h3-6,15H,1-2H2,(H,16,17,18). The van der Waals surface area contributed by atoms with Crippen LogP contribution in [0, 0.1) is 0 Å². The van der Waals surface area contributed by atoms with Gasteiger partial charge in [-0.3, -0.25) is 14.9 Å².